The Balaban J connectivity index is 1.99. The molecule has 3 nitrogen and oxygen atoms in total. The number of likely N-dealkylation sites (N-methyl/N-ethyl adjacent to an activating group) is 1. The second kappa shape index (κ2) is 7.60. The molecule has 1 aliphatic rings. The molecule has 0 spiro atoms. The molecule has 0 aliphatic carbocycles. The van der Waals surface area contributed by atoms with E-state index in [1.54, 1.807) is 0 Å². The van der Waals surface area contributed by atoms with Gasteiger partial charge in [0.2, 0.25) is 0 Å². The Kier molecular flexibility index (Phi) is 6.81. The summed E-state index contributed by atoms with van der Waals surface area (Å²) >= 11 is 3.63. The molecule has 0 aromatic heterocycles. The van der Waals surface area contributed by atoms with Crippen molar-refractivity contribution >= 4 is 15.9 Å². The van der Waals surface area contributed by atoms with Crippen molar-refractivity contribution in [1.82, 2.24) is 10.2 Å². The van der Waals surface area contributed by atoms with Gasteiger partial charge in [0.1, 0.15) is 0 Å². The van der Waals surface area contributed by atoms with Crippen LogP contribution >= 0.6 is 15.9 Å². The second-order valence-electron chi connectivity index (χ2n) is 4.25. The molecule has 1 fully saturated rings. The Morgan fingerprint density at radius 2 is 2.40 bits per heavy atom. The summed E-state index contributed by atoms with van der Waals surface area (Å²) in [5, 5.41) is 3.46. The van der Waals surface area contributed by atoms with E-state index >= 15 is 0 Å². The van der Waals surface area contributed by atoms with Crippen LogP contribution in [0.4, 0.5) is 0 Å². The number of halogens is 1. The van der Waals surface area contributed by atoms with Gasteiger partial charge in [-0.15, -0.1) is 0 Å². The number of nitrogens with zero attached hydrogens (tertiary/aromatic N) is 1. The first-order valence-corrected chi connectivity index (χ1v) is 6.79. The number of rotatable bonds is 6. The van der Waals surface area contributed by atoms with Crippen molar-refractivity contribution in [2.45, 2.75) is 30.7 Å². The fraction of sp³-hybridized carbons (Fsp3) is 1.00. The highest BCUT2D eigenvalue weighted by Gasteiger charge is 2.16. The summed E-state index contributed by atoms with van der Waals surface area (Å²) in [7, 11) is 2.15. The molecule has 90 valence electrons. The van der Waals surface area contributed by atoms with E-state index in [0.29, 0.717) is 10.9 Å². The predicted molar refractivity (Wildman–Crippen MR) is 67.7 cm³/mol. The van der Waals surface area contributed by atoms with Crippen LogP contribution in [0.3, 0.4) is 0 Å². The number of ether oxygens (including phenoxy) is 1. The molecule has 2 atom stereocenters. The second-order valence-corrected chi connectivity index (χ2v) is 5.55. The van der Waals surface area contributed by atoms with Gasteiger partial charge in [0.05, 0.1) is 12.7 Å². The van der Waals surface area contributed by atoms with Gasteiger partial charge in [-0.1, -0.05) is 22.9 Å². The molecular formula is C11H23BrN2O. The first-order valence-electron chi connectivity index (χ1n) is 5.87. The maximum atomic E-state index is 5.67. The van der Waals surface area contributed by atoms with Crippen LogP contribution in [-0.2, 0) is 4.74 Å². The first-order chi connectivity index (χ1) is 7.22. The normalized spacial score (nSPS) is 25.4. The van der Waals surface area contributed by atoms with Gasteiger partial charge in [-0.25, -0.2) is 0 Å². The fourth-order valence-electron chi connectivity index (χ4n) is 1.72. The lowest BCUT2D eigenvalue weighted by Crippen LogP contribution is -2.45. The highest BCUT2D eigenvalue weighted by atomic mass is 79.9. The van der Waals surface area contributed by atoms with Crippen LogP contribution in [0.2, 0.25) is 0 Å². The van der Waals surface area contributed by atoms with Crippen LogP contribution in [-0.4, -0.2) is 55.7 Å². The number of nitrogens with one attached hydrogen (secondary N) is 1. The van der Waals surface area contributed by atoms with E-state index in [1.165, 1.54) is 12.8 Å². The fourth-order valence-corrected chi connectivity index (χ4v) is 1.95. The number of alkyl halides is 1. The van der Waals surface area contributed by atoms with Gasteiger partial charge in [0.15, 0.2) is 0 Å². The molecule has 0 aromatic rings. The quantitative estimate of drug-likeness (QED) is 0.588. The van der Waals surface area contributed by atoms with Gasteiger partial charge in [-0.3, -0.25) is 0 Å². The van der Waals surface area contributed by atoms with Crippen molar-refractivity contribution in [3.8, 4) is 0 Å². The van der Waals surface area contributed by atoms with Crippen LogP contribution in [0.1, 0.15) is 19.8 Å². The van der Waals surface area contributed by atoms with Gasteiger partial charge in [0, 0.05) is 24.5 Å². The van der Waals surface area contributed by atoms with Gasteiger partial charge >= 0.3 is 0 Å². The topological polar surface area (TPSA) is 24.5 Å². The summed E-state index contributed by atoms with van der Waals surface area (Å²) in [6, 6.07) is 0. The van der Waals surface area contributed by atoms with Crippen molar-refractivity contribution in [2.24, 2.45) is 0 Å². The van der Waals surface area contributed by atoms with Crippen molar-refractivity contribution in [1.29, 1.82) is 0 Å². The maximum absolute atomic E-state index is 5.67. The minimum atomic E-state index is 0.374. The molecule has 1 N–H and O–H groups in total. The Bertz CT molecular complexity index is 169. The third kappa shape index (κ3) is 5.85. The average molecular weight is 279 g/mol. The largest absolute Gasteiger partial charge is 0.374 e. The number of hydrogen-bond acceptors (Lipinski definition) is 3. The molecule has 2 unspecified atom stereocenters. The van der Waals surface area contributed by atoms with Crippen LogP contribution in [0.15, 0.2) is 0 Å². The molecule has 0 radical (unpaired) electrons. The van der Waals surface area contributed by atoms with Gasteiger partial charge in [0.25, 0.3) is 0 Å². The Labute approximate surface area is 102 Å². The van der Waals surface area contributed by atoms with E-state index < -0.39 is 0 Å². The van der Waals surface area contributed by atoms with Gasteiger partial charge in [-0.05, 0) is 26.4 Å². The zero-order chi connectivity index (χ0) is 11.1. The average Bonchev–Trinajstić information content (AvgIpc) is 2.24. The summed E-state index contributed by atoms with van der Waals surface area (Å²) < 4.78 is 5.67. The minimum absolute atomic E-state index is 0.374. The molecule has 0 bridgehead atoms. The summed E-state index contributed by atoms with van der Waals surface area (Å²) in [5.41, 5.74) is 0. The monoisotopic (exact) mass is 278 g/mol. The van der Waals surface area contributed by atoms with E-state index in [-0.39, 0.29) is 0 Å². The molecule has 1 rings (SSSR count). The molecule has 1 aliphatic heterocycles. The van der Waals surface area contributed by atoms with Crippen molar-refractivity contribution in [2.75, 3.05) is 39.8 Å². The highest BCUT2D eigenvalue weighted by molar-refractivity contribution is 9.09. The zero-order valence-corrected chi connectivity index (χ0v) is 11.4. The molecular weight excluding hydrogens is 256 g/mol. The number of hydrogen-bond donors (Lipinski definition) is 1. The molecule has 0 saturated carbocycles. The molecule has 1 saturated heterocycles. The maximum Gasteiger partial charge on any atom is 0.0826 e. The number of morpholine rings is 1. The van der Waals surface area contributed by atoms with Crippen LogP contribution in [0.5, 0.6) is 0 Å². The minimum Gasteiger partial charge on any atom is -0.374 e. The van der Waals surface area contributed by atoms with Crippen molar-refractivity contribution in [3.05, 3.63) is 0 Å². The Morgan fingerprint density at radius 1 is 1.60 bits per heavy atom. The first kappa shape index (κ1) is 13.4. The van der Waals surface area contributed by atoms with Gasteiger partial charge in [-0.2, -0.15) is 0 Å². The Hall–Kier alpha value is 0.360. The van der Waals surface area contributed by atoms with Crippen LogP contribution in [0, 0.1) is 0 Å². The van der Waals surface area contributed by atoms with Crippen molar-refractivity contribution in [3.63, 3.8) is 0 Å². The lowest BCUT2D eigenvalue weighted by molar-refractivity contribution is -0.0180. The SMILES string of the molecule is CCC(Br)CCNCC1CN(C)CCO1. The van der Waals surface area contributed by atoms with Crippen LogP contribution < -0.4 is 5.32 Å². The molecule has 1 heterocycles. The van der Waals surface area contributed by atoms with Crippen molar-refractivity contribution < 1.29 is 4.74 Å². The molecule has 0 aromatic carbocycles. The lowest BCUT2D eigenvalue weighted by atomic mass is 10.2. The van der Waals surface area contributed by atoms with E-state index in [2.05, 4.69) is 40.1 Å². The summed E-state index contributed by atoms with van der Waals surface area (Å²) in [4.78, 5) is 2.98. The summed E-state index contributed by atoms with van der Waals surface area (Å²) in [6.07, 6.45) is 2.77. The third-order valence-corrected chi connectivity index (χ3v) is 3.90. The lowest BCUT2D eigenvalue weighted by Gasteiger charge is -2.30. The van der Waals surface area contributed by atoms with E-state index in [4.69, 9.17) is 4.74 Å². The predicted octanol–water partition coefficient (Wildman–Crippen LogP) is 1.47. The Morgan fingerprint density at radius 3 is 3.07 bits per heavy atom. The molecule has 4 heteroatoms. The van der Waals surface area contributed by atoms with E-state index in [9.17, 15) is 0 Å². The van der Waals surface area contributed by atoms with Crippen LogP contribution in [0.25, 0.3) is 0 Å². The summed E-state index contributed by atoms with van der Waals surface area (Å²) in [5.74, 6) is 0. The van der Waals surface area contributed by atoms with E-state index in [1.807, 2.05) is 0 Å². The zero-order valence-electron chi connectivity index (χ0n) is 9.84. The standard InChI is InChI=1S/C11H23BrN2O/c1-3-10(12)4-5-13-8-11-9-14(2)6-7-15-11/h10-11,13H,3-9H2,1-2H3. The highest BCUT2D eigenvalue weighted by Crippen LogP contribution is 2.08. The smallest absolute Gasteiger partial charge is 0.0826 e. The summed E-state index contributed by atoms with van der Waals surface area (Å²) in [6.45, 7) is 7.26. The van der Waals surface area contributed by atoms with E-state index in [0.717, 1.165) is 32.8 Å². The van der Waals surface area contributed by atoms with Gasteiger partial charge < -0.3 is 15.0 Å². The molecule has 15 heavy (non-hydrogen) atoms. The molecule has 0 amide bonds. The third-order valence-electron chi connectivity index (χ3n) is 2.79.